The molecule has 2 N–H and O–H groups in total. The third-order valence-corrected chi connectivity index (χ3v) is 10.9. The van der Waals surface area contributed by atoms with Crippen LogP contribution in [0.4, 0.5) is 16.6 Å². The molecule has 290 valence electrons. The summed E-state index contributed by atoms with van der Waals surface area (Å²) in [6.45, 7) is 15.2. The number of pyridine rings is 1. The minimum Gasteiger partial charge on any atom is -0.492 e. The first-order chi connectivity index (χ1) is 26.7. The summed E-state index contributed by atoms with van der Waals surface area (Å²) < 4.78 is 22.3. The van der Waals surface area contributed by atoms with E-state index in [9.17, 15) is 4.79 Å². The van der Waals surface area contributed by atoms with Crippen LogP contribution in [0.5, 0.6) is 11.5 Å². The van der Waals surface area contributed by atoms with Gasteiger partial charge in [0.1, 0.15) is 30.0 Å². The molecule has 13 heteroatoms. The van der Waals surface area contributed by atoms with Gasteiger partial charge in [-0.05, 0) is 73.9 Å². The lowest BCUT2D eigenvalue weighted by atomic mass is 9.85. The Labute approximate surface area is 323 Å². The third kappa shape index (κ3) is 8.28. The van der Waals surface area contributed by atoms with Crippen LogP contribution in [-0.2, 0) is 10.2 Å². The fraction of sp³-hybridized carbons (Fsp3) is 0.476. The normalized spacial score (nSPS) is 19.2. The number of hydrogen-bond donors (Lipinski definition) is 2. The van der Waals surface area contributed by atoms with E-state index in [0.717, 1.165) is 123 Å². The number of urea groups is 1. The fourth-order valence-electron chi connectivity index (χ4n) is 7.76. The van der Waals surface area contributed by atoms with Gasteiger partial charge in [-0.2, -0.15) is 5.10 Å². The van der Waals surface area contributed by atoms with E-state index in [1.54, 1.807) is 4.68 Å². The number of nitrogens with zero attached hydrogens (tertiary/aromatic N) is 7. The van der Waals surface area contributed by atoms with E-state index in [4.69, 9.17) is 19.3 Å². The second-order valence-corrected chi connectivity index (χ2v) is 15.9. The van der Waals surface area contributed by atoms with Crippen molar-refractivity contribution in [2.45, 2.75) is 77.4 Å². The summed E-state index contributed by atoms with van der Waals surface area (Å²) in [7, 11) is 0. The van der Waals surface area contributed by atoms with E-state index in [1.807, 2.05) is 66.1 Å². The fourth-order valence-corrected chi connectivity index (χ4v) is 7.76. The van der Waals surface area contributed by atoms with Gasteiger partial charge in [0.15, 0.2) is 5.65 Å². The molecule has 2 amide bonds. The molecule has 0 radical (unpaired) electrons. The van der Waals surface area contributed by atoms with Gasteiger partial charge in [0, 0.05) is 50.3 Å². The van der Waals surface area contributed by atoms with Crippen molar-refractivity contribution in [1.82, 2.24) is 34.6 Å². The molecule has 2 aromatic carbocycles. The van der Waals surface area contributed by atoms with Gasteiger partial charge in [0.05, 0.1) is 36.8 Å². The largest absolute Gasteiger partial charge is 0.492 e. The lowest BCUT2D eigenvalue weighted by Crippen LogP contribution is -2.38. The highest BCUT2D eigenvalue weighted by atomic mass is 16.5. The zero-order valence-corrected chi connectivity index (χ0v) is 32.5. The quantitative estimate of drug-likeness (QED) is 0.156. The topological polar surface area (TPSA) is 123 Å². The maximum absolute atomic E-state index is 13.8. The molecule has 2 fully saturated rings. The maximum Gasteiger partial charge on any atom is 0.320 e. The average molecular weight is 748 g/mol. The first-order valence-electron chi connectivity index (χ1n) is 19.8. The molecule has 55 heavy (non-hydrogen) atoms. The van der Waals surface area contributed by atoms with E-state index < -0.39 is 0 Å². The Morgan fingerprint density at radius 2 is 1.73 bits per heavy atom. The molecular formula is C42H53N9O4. The number of aryl methyl sites for hydroxylation is 1. The Balaban J connectivity index is 0.969. The molecule has 2 aliphatic heterocycles. The van der Waals surface area contributed by atoms with E-state index >= 15 is 0 Å². The average Bonchev–Trinajstić information content (AvgIpc) is 3.82. The molecule has 3 aliphatic rings. The summed E-state index contributed by atoms with van der Waals surface area (Å²) in [5.41, 5.74) is 5.42. The lowest BCUT2D eigenvalue weighted by molar-refractivity contribution is 0.0322. The van der Waals surface area contributed by atoms with Gasteiger partial charge >= 0.3 is 6.03 Å². The molecule has 5 heterocycles. The van der Waals surface area contributed by atoms with E-state index in [1.165, 1.54) is 6.42 Å². The van der Waals surface area contributed by atoms with Crippen LogP contribution in [-0.4, -0.2) is 87.9 Å². The second-order valence-electron chi connectivity index (χ2n) is 15.9. The smallest absolute Gasteiger partial charge is 0.320 e. The van der Waals surface area contributed by atoms with Gasteiger partial charge in [-0.15, -0.1) is 10.2 Å². The highest BCUT2D eigenvalue weighted by Gasteiger charge is 2.30. The first-order valence-corrected chi connectivity index (χ1v) is 19.8. The summed E-state index contributed by atoms with van der Waals surface area (Å²) in [4.78, 5) is 18.5. The van der Waals surface area contributed by atoms with Crippen molar-refractivity contribution in [2.24, 2.45) is 0 Å². The van der Waals surface area contributed by atoms with Crippen LogP contribution in [0, 0.1) is 6.92 Å². The van der Waals surface area contributed by atoms with Crippen LogP contribution < -0.4 is 25.0 Å². The summed E-state index contributed by atoms with van der Waals surface area (Å²) >= 11 is 0. The SMILES string of the molecule is Cc1ccc(-n2nc(C(C)(C)C)cc2NC(=O)N[C@H]2CC[C@@H](Oc3ccc4nnc(N5CCCCC5)n4c3)c3ccccc32)cc1OCCN1CCOCC1. The Kier molecular flexibility index (Phi) is 10.7. The number of fused-ring (bicyclic) bond motifs is 2. The minimum absolute atomic E-state index is 0.160. The number of carbonyl (C=O) groups is 1. The maximum atomic E-state index is 13.8. The standard InChI is InChI=1S/C42H53N9O4/c1-29-12-13-30(26-36(29)54-25-22-48-20-23-53-24-21-48)51-39(27-37(47-51)42(2,3)4)44-40(52)43-34-15-16-35(33-11-7-6-10-32(33)34)55-31-14-17-38-45-46-41(50(38)28-31)49-18-8-5-9-19-49/h6-7,10-14,17,26-28,34-35H,5,8-9,15-16,18-25H2,1-4H3,(H2,43,44,52)/t34-,35+/m0/s1. The molecule has 2 saturated heterocycles. The van der Waals surface area contributed by atoms with E-state index in [2.05, 4.69) is 63.5 Å². The van der Waals surface area contributed by atoms with Crippen molar-refractivity contribution >= 4 is 23.4 Å². The molecular weight excluding hydrogens is 695 g/mol. The Morgan fingerprint density at radius 1 is 0.927 bits per heavy atom. The molecule has 3 aromatic heterocycles. The Hall–Kier alpha value is -5.14. The Bertz CT molecular complexity index is 2110. The highest BCUT2D eigenvalue weighted by Crippen LogP contribution is 2.39. The number of ether oxygens (including phenoxy) is 3. The summed E-state index contributed by atoms with van der Waals surface area (Å²) in [6, 6.07) is 19.7. The molecule has 2 atom stereocenters. The predicted octanol–water partition coefficient (Wildman–Crippen LogP) is 7.00. The number of piperidine rings is 1. The zero-order valence-electron chi connectivity index (χ0n) is 32.5. The second kappa shape index (κ2) is 15.9. The Morgan fingerprint density at radius 3 is 2.53 bits per heavy atom. The van der Waals surface area contributed by atoms with Crippen LogP contribution in [0.25, 0.3) is 11.3 Å². The third-order valence-electron chi connectivity index (χ3n) is 10.9. The van der Waals surface area contributed by atoms with Crippen molar-refractivity contribution in [1.29, 1.82) is 0 Å². The number of rotatable bonds is 10. The van der Waals surface area contributed by atoms with Crippen LogP contribution in [0.15, 0.2) is 66.9 Å². The summed E-state index contributed by atoms with van der Waals surface area (Å²) in [5.74, 6) is 3.02. The highest BCUT2D eigenvalue weighted by molar-refractivity contribution is 5.89. The van der Waals surface area contributed by atoms with E-state index in [-0.39, 0.29) is 23.6 Å². The van der Waals surface area contributed by atoms with Crippen molar-refractivity contribution in [2.75, 3.05) is 62.8 Å². The van der Waals surface area contributed by atoms with Gasteiger partial charge in [-0.1, -0.05) is 51.1 Å². The van der Waals surface area contributed by atoms with Gasteiger partial charge in [-0.25, -0.2) is 9.48 Å². The van der Waals surface area contributed by atoms with Crippen molar-refractivity contribution < 1.29 is 19.0 Å². The minimum atomic E-state index is -0.293. The van der Waals surface area contributed by atoms with Gasteiger partial charge in [-0.3, -0.25) is 14.6 Å². The number of aromatic nitrogens is 5. The molecule has 5 aromatic rings. The number of morpholine rings is 1. The van der Waals surface area contributed by atoms with Gasteiger partial charge in [0.2, 0.25) is 5.95 Å². The molecule has 0 unspecified atom stereocenters. The van der Waals surface area contributed by atoms with Gasteiger partial charge in [0.25, 0.3) is 0 Å². The number of carbonyl (C=O) groups excluding carboxylic acids is 1. The lowest BCUT2D eigenvalue weighted by Gasteiger charge is -2.32. The van der Waals surface area contributed by atoms with Crippen LogP contribution >= 0.6 is 0 Å². The zero-order chi connectivity index (χ0) is 37.9. The monoisotopic (exact) mass is 747 g/mol. The predicted molar refractivity (Wildman–Crippen MR) is 213 cm³/mol. The van der Waals surface area contributed by atoms with Crippen LogP contribution in [0.3, 0.4) is 0 Å². The molecule has 0 saturated carbocycles. The van der Waals surface area contributed by atoms with E-state index in [0.29, 0.717) is 12.4 Å². The molecule has 0 spiro atoms. The summed E-state index contributed by atoms with van der Waals surface area (Å²) in [5, 5.41) is 20.3. The van der Waals surface area contributed by atoms with Crippen molar-refractivity contribution in [3.63, 3.8) is 0 Å². The first kappa shape index (κ1) is 36.8. The number of benzene rings is 2. The number of anilines is 2. The molecule has 1 aliphatic carbocycles. The molecule has 0 bridgehead atoms. The van der Waals surface area contributed by atoms with Crippen molar-refractivity contribution in [3.8, 4) is 17.2 Å². The van der Waals surface area contributed by atoms with Crippen molar-refractivity contribution in [3.05, 3.63) is 89.2 Å². The number of nitrogens with one attached hydrogen (secondary N) is 2. The molecule has 13 nitrogen and oxygen atoms in total. The summed E-state index contributed by atoms with van der Waals surface area (Å²) in [6.07, 6.45) is 6.89. The molecule has 8 rings (SSSR count). The number of hydrogen-bond acceptors (Lipinski definition) is 9. The van der Waals surface area contributed by atoms with Crippen LogP contribution in [0.1, 0.15) is 87.4 Å². The number of amides is 2. The van der Waals surface area contributed by atoms with Gasteiger partial charge < -0.3 is 24.4 Å². The van der Waals surface area contributed by atoms with Crippen LogP contribution in [0.2, 0.25) is 0 Å².